The number of aromatic nitrogens is 1. The maximum absolute atomic E-state index is 11.7. The van der Waals surface area contributed by atoms with Gasteiger partial charge in [0.1, 0.15) is 5.69 Å². The number of H-pyrrole nitrogens is 1. The first-order valence-corrected chi connectivity index (χ1v) is 7.51. The first-order chi connectivity index (χ1) is 10.1. The first kappa shape index (κ1) is 15.2. The Labute approximate surface area is 127 Å². The number of hydrogen-bond donors (Lipinski definition) is 1. The molecule has 1 heterocycles. The fraction of sp³-hybridized carbons (Fsp3) is 0.250. The van der Waals surface area contributed by atoms with Crippen molar-refractivity contribution in [2.75, 3.05) is 12.4 Å². The zero-order valence-corrected chi connectivity index (χ0v) is 12.7. The van der Waals surface area contributed by atoms with Crippen molar-refractivity contribution in [1.82, 2.24) is 4.98 Å². The highest BCUT2D eigenvalue weighted by molar-refractivity contribution is 8.13. The average Bonchev–Trinajstić information content (AvgIpc) is 2.87. The zero-order chi connectivity index (χ0) is 15.2. The summed E-state index contributed by atoms with van der Waals surface area (Å²) in [6.45, 7) is 3.64. The van der Waals surface area contributed by atoms with Crippen LogP contribution in [0, 0.1) is 11.8 Å². The topological polar surface area (TPSA) is 59.2 Å². The van der Waals surface area contributed by atoms with Gasteiger partial charge in [0.2, 0.25) is 0 Å². The molecule has 0 saturated heterocycles. The molecular formula is C16H15NO3S. The minimum atomic E-state index is -0.362. The summed E-state index contributed by atoms with van der Waals surface area (Å²) in [7, 11) is 0. The molecule has 1 aromatic heterocycles. The monoisotopic (exact) mass is 301 g/mol. The van der Waals surface area contributed by atoms with Crippen molar-refractivity contribution in [2.45, 2.75) is 13.8 Å². The molecule has 0 aliphatic rings. The number of fused-ring (bicyclic) bond motifs is 1. The molecule has 21 heavy (non-hydrogen) atoms. The van der Waals surface area contributed by atoms with Gasteiger partial charge in [-0.15, -0.1) is 0 Å². The Hall–Kier alpha value is -2.19. The molecule has 108 valence electrons. The van der Waals surface area contributed by atoms with Crippen LogP contribution in [0.3, 0.4) is 0 Å². The second-order valence-electron chi connectivity index (χ2n) is 4.29. The Bertz CT molecular complexity index is 737. The van der Waals surface area contributed by atoms with Crippen molar-refractivity contribution < 1.29 is 14.3 Å². The van der Waals surface area contributed by atoms with E-state index < -0.39 is 0 Å². The van der Waals surface area contributed by atoms with Crippen molar-refractivity contribution in [1.29, 1.82) is 0 Å². The van der Waals surface area contributed by atoms with Crippen molar-refractivity contribution in [3.63, 3.8) is 0 Å². The second-order valence-corrected chi connectivity index (χ2v) is 5.44. The van der Waals surface area contributed by atoms with Crippen LogP contribution in [0.25, 0.3) is 10.9 Å². The normalized spacial score (nSPS) is 10.0. The highest BCUT2D eigenvalue weighted by Gasteiger charge is 2.10. The van der Waals surface area contributed by atoms with Gasteiger partial charge in [-0.25, -0.2) is 4.79 Å². The van der Waals surface area contributed by atoms with Gasteiger partial charge in [0.25, 0.3) is 0 Å². The summed E-state index contributed by atoms with van der Waals surface area (Å²) in [5.74, 6) is 6.05. The lowest BCUT2D eigenvalue weighted by molar-refractivity contribution is -0.109. The lowest BCUT2D eigenvalue weighted by Gasteiger charge is -1.96. The van der Waals surface area contributed by atoms with Gasteiger partial charge >= 0.3 is 5.97 Å². The summed E-state index contributed by atoms with van der Waals surface area (Å²) >= 11 is 1.19. The Morgan fingerprint density at radius 1 is 1.33 bits per heavy atom. The van der Waals surface area contributed by atoms with Crippen LogP contribution in [-0.2, 0) is 9.53 Å². The van der Waals surface area contributed by atoms with Crippen LogP contribution >= 0.6 is 11.8 Å². The SMILES string of the molecule is CCOC(=O)c1cc2ccc(C#CCSC(C)=O)cc2[nH]1. The van der Waals surface area contributed by atoms with Gasteiger partial charge in [-0.3, -0.25) is 4.79 Å². The maximum Gasteiger partial charge on any atom is 0.354 e. The van der Waals surface area contributed by atoms with Gasteiger partial charge in [0, 0.05) is 23.4 Å². The lowest BCUT2D eigenvalue weighted by atomic mass is 10.2. The van der Waals surface area contributed by atoms with E-state index in [0.29, 0.717) is 18.1 Å². The molecule has 0 aliphatic heterocycles. The quantitative estimate of drug-likeness (QED) is 0.699. The molecule has 0 amide bonds. The van der Waals surface area contributed by atoms with E-state index in [0.717, 1.165) is 16.5 Å². The molecule has 0 bridgehead atoms. The van der Waals surface area contributed by atoms with E-state index >= 15 is 0 Å². The minimum absolute atomic E-state index is 0.0585. The van der Waals surface area contributed by atoms with Crippen LogP contribution in [0.5, 0.6) is 0 Å². The number of benzene rings is 1. The third kappa shape index (κ3) is 4.14. The Kier molecular flexibility index (Phi) is 5.07. The Balaban J connectivity index is 2.17. The predicted octanol–water partition coefficient (Wildman–Crippen LogP) is 2.98. The number of esters is 1. The molecule has 4 nitrogen and oxygen atoms in total. The summed E-state index contributed by atoms with van der Waals surface area (Å²) < 4.78 is 4.96. The average molecular weight is 301 g/mol. The summed E-state index contributed by atoms with van der Waals surface area (Å²) in [6, 6.07) is 7.42. The largest absolute Gasteiger partial charge is 0.461 e. The van der Waals surface area contributed by atoms with Gasteiger partial charge in [-0.1, -0.05) is 29.7 Å². The van der Waals surface area contributed by atoms with E-state index in [9.17, 15) is 9.59 Å². The standard InChI is InChI=1S/C16H15NO3S/c1-3-20-16(19)15-10-13-7-6-12(9-14(13)17-15)5-4-8-21-11(2)18/h6-7,9-10,17H,3,8H2,1-2H3. The molecule has 0 spiro atoms. The van der Waals surface area contributed by atoms with Crippen molar-refractivity contribution >= 4 is 33.7 Å². The van der Waals surface area contributed by atoms with Crippen molar-refractivity contribution in [3.8, 4) is 11.8 Å². The number of nitrogens with one attached hydrogen (secondary N) is 1. The molecule has 0 saturated carbocycles. The molecule has 2 aromatic rings. The lowest BCUT2D eigenvalue weighted by Crippen LogP contribution is -2.04. The molecule has 0 radical (unpaired) electrons. The van der Waals surface area contributed by atoms with E-state index in [1.165, 1.54) is 18.7 Å². The van der Waals surface area contributed by atoms with E-state index in [1.54, 1.807) is 13.0 Å². The van der Waals surface area contributed by atoms with E-state index in [-0.39, 0.29) is 11.1 Å². The number of carbonyl (C=O) groups excluding carboxylic acids is 2. The summed E-state index contributed by atoms with van der Waals surface area (Å²) in [6.07, 6.45) is 0. The smallest absolute Gasteiger partial charge is 0.354 e. The highest BCUT2D eigenvalue weighted by Crippen LogP contribution is 2.17. The molecule has 2 rings (SSSR count). The van der Waals surface area contributed by atoms with Gasteiger partial charge < -0.3 is 9.72 Å². The van der Waals surface area contributed by atoms with Crippen molar-refractivity contribution in [3.05, 3.63) is 35.5 Å². The van der Waals surface area contributed by atoms with E-state index in [4.69, 9.17) is 4.74 Å². The fourth-order valence-corrected chi connectivity index (χ4v) is 2.15. The Morgan fingerprint density at radius 3 is 2.86 bits per heavy atom. The van der Waals surface area contributed by atoms with Crippen LogP contribution in [0.2, 0.25) is 0 Å². The number of rotatable bonds is 3. The predicted molar refractivity (Wildman–Crippen MR) is 84.3 cm³/mol. The van der Waals surface area contributed by atoms with Crippen LogP contribution in [-0.4, -0.2) is 28.4 Å². The van der Waals surface area contributed by atoms with Gasteiger partial charge in [0.15, 0.2) is 5.12 Å². The minimum Gasteiger partial charge on any atom is -0.461 e. The molecule has 1 aromatic carbocycles. The maximum atomic E-state index is 11.7. The number of ether oxygens (including phenoxy) is 1. The summed E-state index contributed by atoms with van der Waals surface area (Å²) in [5, 5.41) is 0.991. The van der Waals surface area contributed by atoms with Crippen LogP contribution < -0.4 is 0 Å². The van der Waals surface area contributed by atoms with Crippen LogP contribution in [0.1, 0.15) is 29.9 Å². The van der Waals surface area contributed by atoms with E-state index in [1.807, 2.05) is 18.2 Å². The molecule has 0 unspecified atom stereocenters. The summed E-state index contributed by atoms with van der Waals surface area (Å²) in [4.78, 5) is 25.5. The third-order valence-electron chi connectivity index (χ3n) is 2.70. The molecular weight excluding hydrogens is 286 g/mol. The second kappa shape index (κ2) is 7.00. The molecule has 1 N–H and O–H groups in total. The third-order valence-corrected chi connectivity index (χ3v) is 3.39. The number of aromatic amines is 1. The van der Waals surface area contributed by atoms with Gasteiger partial charge in [0.05, 0.1) is 12.4 Å². The van der Waals surface area contributed by atoms with E-state index in [2.05, 4.69) is 16.8 Å². The highest BCUT2D eigenvalue weighted by atomic mass is 32.2. The first-order valence-electron chi connectivity index (χ1n) is 6.52. The van der Waals surface area contributed by atoms with Gasteiger partial charge in [-0.05, 0) is 25.1 Å². The number of thioether (sulfide) groups is 1. The number of carbonyl (C=O) groups is 2. The summed E-state index contributed by atoms with van der Waals surface area (Å²) in [5.41, 5.74) is 2.11. The van der Waals surface area contributed by atoms with Crippen LogP contribution in [0.4, 0.5) is 0 Å². The molecule has 0 atom stereocenters. The molecule has 0 fully saturated rings. The molecule has 0 aliphatic carbocycles. The van der Waals surface area contributed by atoms with Gasteiger partial charge in [-0.2, -0.15) is 0 Å². The van der Waals surface area contributed by atoms with Crippen molar-refractivity contribution in [2.24, 2.45) is 0 Å². The van der Waals surface area contributed by atoms with Crippen LogP contribution in [0.15, 0.2) is 24.3 Å². The molecule has 5 heteroatoms. The fourth-order valence-electron chi connectivity index (χ4n) is 1.80. The zero-order valence-electron chi connectivity index (χ0n) is 11.9. The number of hydrogen-bond acceptors (Lipinski definition) is 4. The Morgan fingerprint density at radius 2 is 2.14 bits per heavy atom.